The molecule has 0 fully saturated rings. The van der Waals surface area contributed by atoms with Crippen LogP contribution in [0.5, 0.6) is 6.01 Å². The second-order valence-corrected chi connectivity index (χ2v) is 2.29. The van der Waals surface area contributed by atoms with E-state index in [4.69, 9.17) is 16.3 Å². The number of ether oxygens (including phenoxy) is 1. The molecule has 1 rings (SSSR count). The van der Waals surface area contributed by atoms with E-state index < -0.39 is 0 Å². The molecular formula is C5H8ClN3O2. The van der Waals surface area contributed by atoms with Crippen LogP contribution in [-0.2, 0) is 7.05 Å². The van der Waals surface area contributed by atoms with Gasteiger partial charge in [0.25, 0.3) is 0 Å². The van der Waals surface area contributed by atoms with Crippen molar-refractivity contribution in [2.45, 2.75) is 0 Å². The van der Waals surface area contributed by atoms with E-state index in [0.717, 1.165) is 0 Å². The first-order valence-corrected chi connectivity index (χ1v) is 3.59. The molecule has 0 atom stereocenters. The fraction of sp³-hybridized carbons (Fsp3) is 0.600. The number of hydrogen-bond donors (Lipinski definition) is 1. The molecule has 0 saturated heterocycles. The van der Waals surface area contributed by atoms with Crippen LogP contribution in [-0.4, -0.2) is 27.3 Å². The summed E-state index contributed by atoms with van der Waals surface area (Å²) in [6.07, 6.45) is 0. The van der Waals surface area contributed by atoms with Crippen molar-refractivity contribution in [2.75, 3.05) is 12.5 Å². The summed E-state index contributed by atoms with van der Waals surface area (Å²) >= 11 is 5.36. The third-order valence-electron chi connectivity index (χ3n) is 1.15. The summed E-state index contributed by atoms with van der Waals surface area (Å²) in [6, 6.07) is 0.260. The Morgan fingerprint density at radius 2 is 2.55 bits per heavy atom. The van der Waals surface area contributed by atoms with Crippen molar-refractivity contribution in [3.63, 3.8) is 0 Å². The van der Waals surface area contributed by atoms with E-state index in [1.807, 2.05) is 0 Å². The molecule has 0 aliphatic rings. The highest BCUT2D eigenvalue weighted by Crippen LogP contribution is 1.97. The first-order chi connectivity index (χ1) is 5.25. The van der Waals surface area contributed by atoms with Crippen molar-refractivity contribution >= 4 is 11.6 Å². The maximum atomic E-state index is 10.7. The summed E-state index contributed by atoms with van der Waals surface area (Å²) in [7, 11) is 1.56. The number of halogens is 1. The van der Waals surface area contributed by atoms with Crippen LogP contribution in [0, 0.1) is 0 Å². The molecule has 1 heterocycles. The predicted molar refractivity (Wildman–Crippen MR) is 40.0 cm³/mol. The highest BCUT2D eigenvalue weighted by Gasteiger charge is 2.02. The zero-order valence-corrected chi connectivity index (χ0v) is 6.76. The van der Waals surface area contributed by atoms with Gasteiger partial charge in [-0.3, -0.25) is 0 Å². The van der Waals surface area contributed by atoms with Crippen LogP contribution >= 0.6 is 11.6 Å². The van der Waals surface area contributed by atoms with Crippen LogP contribution in [0.25, 0.3) is 0 Å². The molecule has 0 amide bonds. The summed E-state index contributed by atoms with van der Waals surface area (Å²) in [5, 5.41) is 5.83. The van der Waals surface area contributed by atoms with Crippen LogP contribution in [0.15, 0.2) is 4.79 Å². The Balaban J connectivity index is 2.71. The normalized spacial score (nSPS) is 10.0. The Labute approximate surface area is 67.9 Å². The zero-order valence-electron chi connectivity index (χ0n) is 6.00. The number of H-pyrrole nitrogens is 1. The molecule has 11 heavy (non-hydrogen) atoms. The summed E-state index contributed by atoms with van der Waals surface area (Å²) < 4.78 is 6.27. The number of nitrogens with zero attached hydrogens (tertiary/aromatic N) is 2. The molecule has 1 N–H and O–H groups in total. The van der Waals surface area contributed by atoms with E-state index in [-0.39, 0.29) is 11.7 Å². The Kier molecular flexibility index (Phi) is 2.53. The number of hydrogen-bond acceptors (Lipinski definition) is 3. The summed E-state index contributed by atoms with van der Waals surface area (Å²) in [4.78, 5) is 10.7. The van der Waals surface area contributed by atoms with E-state index >= 15 is 0 Å². The molecule has 0 aliphatic heterocycles. The van der Waals surface area contributed by atoms with Gasteiger partial charge in [-0.05, 0) is 0 Å². The monoisotopic (exact) mass is 177 g/mol. The summed E-state index contributed by atoms with van der Waals surface area (Å²) in [5.74, 6) is 0.376. The quantitative estimate of drug-likeness (QED) is 0.647. The highest BCUT2D eigenvalue weighted by atomic mass is 35.5. The van der Waals surface area contributed by atoms with Gasteiger partial charge in [-0.2, -0.15) is 0 Å². The van der Waals surface area contributed by atoms with Crippen molar-refractivity contribution < 1.29 is 4.74 Å². The molecule has 0 saturated carbocycles. The fourth-order valence-corrected chi connectivity index (χ4v) is 0.669. The van der Waals surface area contributed by atoms with Crippen LogP contribution in [0.4, 0.5) is 0 Å². The van der Waals surface area contributed by atoms with Crippen molar-refractivity contribution in [1.29, 1.82) is 0 Å². The second kappa shape index (κ2) is 3.43. The van der Waals surface area contributed by atoms with Crippen LogP contribution in [0.3, 0.4) is 0 Å². The smallest absolute Gasteiger partial charge is 0.345 e. The van der Waals surface area contributed by atoms with E-state index in [9.17, 15) is 4.79 Å². The SMILES string of the molecule is Cn1c(OCCCl)n[nH]c1=O. The van der Waals surface area contributed by atoms with Crippen molar-refractivity contribution in [3.8, 4) is 6.01 Å². The molecule has 6 heteroatoms. The molecule has 62 valence electrons. The lowest BCUT2D eigenvalue weighted by Gasteiger charge is -1.99. The van der Waals surface area contributed by atoms with Crippen molar-refractivity contribution in [1.82, 2.24) is 14.8 Å². The molecule has 1 aromatic rings. The Hall–Kier alpha value is -0.970. The van der Waals surface area contributed by atoms with Gasteiger partial charge in [0.15, 0.2) is 0 Å². The molecule has 0 unspecified atom stereocenters. The van der Waals surface area contributed by atoms with Gasteiger partial charge in [-0.15, -0.1) is 16.7 Å². The molecule has 0 aromatic carbocycles. The molecule has 0 spiro atoms. The third kappa shape index (κ3) is 1.74. The lowest BCUT2D eigenvalue weighted by Crippen LogP contribution is -2.14. The molecule has 5 nitrogen and oxygen atoms in total. The molecule has 0 aliphatic carbocycles. The number of nitrogens with one attached hydrogen (secondary N) is 1. The number of rotatable bonds is 3. The highest BCUT2D eigenvalue weighted by molar-refractivity contribution is 6.17. The first kappa shape index (κ1) is 8.13. The third-order valence-corrected chi connectivity index (χ3v) is 1.30. The number of aromatic amines is 1. The van der Waals surface area contributed by atoms with Crippen molar-refractivity contribution in [3.05, 3.63) is 10.5 Å². The molecular weight excluding hydrogens is 170 g/mol. The van der Waals surface area contributed by atoms with Crippen LogP contribution < -0.4 is 10.4 Å². The van der Waals surface area contributed by atoms with Gasteiger partial charge in [0.05, 0.1) is 5.88 Å². The summed E-state index contributed by atoms with van der Waals surface area (Å²) in [6.45, 7) is 0.347. The van der Waals surface area contributed by atoms with Crippen molar-refractivity contribution in [2.24, 2.45) is 7.05 Å². The average Bonchev–Trinajstić information content (AvgIpc) is 2.31. The van der Waals surface area contributed by atoms with Crippen LogP contribution in [0.2, 0.25) is 0 Å². The van der Waals surface area contributed by atoms with Crippen LogP contribution in [0.1, 0.15) is 0 Å². The number of aromatic nitrogens is 3. The largest absolute Gasteiger partial charge is 0.462 e. The summed E-state index contributed by atoms with van der Waals surface area (Å²) in [5.41, 5.74) is -0.297. The van der Waals surface area contributed by atoms with Gasteiger partial charge < -0.3 is 4.74 Å². The fourth-order valence-electron chi connectivity index (χ4n) is 0.591. The molecule has 0 radical (unpaired) electrons. The van der Waals surface area contributed by atoms with E-state index in [2.05, 4.69) is 10.2 Å². The minimum absolute atomic E-state index is 0.260. The lowest BCUT2D eigenvalue weighted by molar-refractivity contribution is 0.302. The predicted octanol–water partition coefficient (Wildman–Crippen LogP) is -0.274. The standard InChI is InChI=1S/C5H8ClN3O2/c1-9-4(10)7-8-5(9)11-3-2-6/h2-3H2,1H3,(H,7,10). The minimum Gasteiger partial charge on any atom is -0.462 e. The van der Waals surface area contributed by atoms with Gasteiger partial charge in [-0.1, -0.05) is 0 Å². The Morgan fingerprint density at radius 3 is 3.00 bits per heavy atom. The van der Waals surface area contributed by atoms with Gasteiger partial charge in [0, 0.05) is 7.05 Å². The maximum Gasteiger partial charge on any atom is 0.345 e. The molecule has 0 bridgehead atoms. The Bertz CT molecular complexity index is 280. The number of alkyl halides is 1. The molecule has 1 aromatic heterocycles. The van der Waals surface area contributed by atoms with Gasteiger partial charge in [0.2, 0.25) is 0 Å². The van der Waals surface area contributed by atoms with Gasteiger partial charge in [-0.25, -0.2) is 14.5 Å². The maximum absolute atomic E-state index is 10.7. The van der Waals surface area contributed by atoms with Gasteiger partial charge >= 0.3 is 11.7 Å². The minimum atomic E-state index is -0.297. The topological polar surface area (TPSA) is 59.9 Å². The van der Waals surface area contributed by atoms with E-state index in [1.54, 1.807) is 7.05 Å². The second-order valence-electron chi connectivity index (χ2n) is 1.91. The average molecular weight is 178 g/mol. The first-order valence-electron chi connectivity index (χ1n) is 3.06. The lowest BCUT2D eigenvalue weighted by atomic mass is 10.8. The zero-order chi connectivity index (χ0) is 8.27. The Morgan fingerprint density at radius 1 is 1.82 bits per heavy atom. The van der Waals surface area contributed by atoms with E-state index in [0.29, 0.717) is 12.5 Å². The van der Waals surface area contributed by atoms with Gasteiger partial charge in [0.1, 0.15) is 6.61 Å². The van der Waals surface area contributed by atoms with E-state index in [1.165, 1.54) is 4.57 Å².